The summed E-state index contributed by atoms with van der Waals surface area (Å²) in [6, 6.07) is 0. The highest BCUT2D eigenvalue weighted by molar-refractivity contribution is 4.67. The van der Waals surface area contributed by atoms with E-state index in [4.69, 9.17) is 5.73 Å². The van der Waals surface area contributed by atoms with Gasteiger partial charge in [0.25, 0.3) is 0 Å². The van der Waals surface area contributed by atoms with Crippen LogP contribution in [0, 0.1) is 5.41 Å². The average molecular weight is 145 g/mol. The molecule has 0 spiro atoms. The van der Waals surface area contributed by atoms with Crippen molar-refractivity contribution >= 4 is 0 Å². The van der Waals surface area contributed by atoms with Crippen molar-refractivity contribution in [2.45, 2.75) is 39.7 Å². The highest BCUT2D eigenvalue weighted by Crippen LogP contribution is 2.21. The van der Waals surface area contributed by atoms with E-state index < -0.39 is 0 Å². The number of aliphatic hydroxyl groups excluding tert-OH is 1. The van der Waals surface area contributed by atoms with Gasteiger partial charge in [0.1, 0.15) is 0 Å². The van der Waals surface area contributed by atoms with Crippen LogP contribution in [-0.2, 0) is 0 Å². The Bertz CT molecular complexity index is 85.7. The molecule has 62 valence electrons. The van der Waals surface area contributed by atoms with E-state index >= 15 is 0 Å². The van der Waals surface area contributed by atoms with Crippen molar-refractivity contribution in [1.29, 1.82) is 0 Å². The maximum Gasteiger partial charge on any atom is 0.0557 e. The van der Waals surface area contributed by atoms with Crippen molar-refractivity contribution in [2.75, 3.05) is 6.54 Å². The molecule has 0 heterocycles. The van der Waals surface area contributed by atoms with Crippen molar-refractivity contribution in [2.24, 2.45) is 11.1 Å². The van der Waals surface area contributed by atoms with Crippen molar-refractivity contribution in [3.63, 3.8) is 0 Å². The third-order valence-corrected chi connectivity index (χ3v) is 1.35. The van der Waals surface area contributed by atoms with Crippen LogP contribution in [0.1, 0.15) is 33.6 Å². The summed E-state index contributed by atoms with van der Waals surface area (Å²) < 4.78 is 0. The molecule has 0 bridgehead atoms. The fourth-order valence-electron chi connectivity index (χ4n) is 1.00. The molecule has 0 saturated carbocycles. The van der Waals surface area contributed by atoms with Gasteiger partial charge in [-0.3, -0.25) is 0 Å². The standard InChI is InChI=1S/C8H19NO/c1-8(2,3)6-7(10)4-5-9/h7,10H,4-6,9H2,1-3H3. The Morgan fingerprint density at radius 2 is 1.90 bits per heavy atom. The lowest BCUT2D eigenvalue weighted by molar-refractivity contribution is 0.115. The molecule has 0 aliphatic carbocycles. The van der Waals surface area contributed by atoms with E-state index in [1.165, 1.54) is 0 Å². The van der Waals surface area contributed by atoms with E-state index in [9.17, 15) is 5.11 Å². The molecule has 10 heavy (non-hydrogen) atoms. The lowest BCUT2D eigenvalue weighted by atomic mass is 9.88. The number of rotatable bonds is 3. The predicted molar refractivity (Wildman–Crippen MR) is 43.8 cm³/mol. The second-order valence-corrected chi connectivity index (χ2v) is 4.00. The van der Waals surface area contributed by atoms with Crippen molar-refractivity contribution in [3.05, 3.63) is 0 Å². The van der Waals surface area contributed by atoms with E-state index in [0.29, 0.717) is 6.54 Å². The number of hydrogen-bond acceptors (Lipinski definition) is 2. The van der Waals surface area contributed by atoms with E-state index in [2.05, 4.69) is 20.8 Å². The zero-order chi connectivity index (χ0) is 8.20. The van der Waals surface area contributed by atoms with E-state index in [0.717, 1.165) is 12.8 Å². The normalized spacial score (nSPS) is 15.3. The second-order valence-electron chi connectivity index (χ2n) is 4.00. The van der Waals surface area contributed by atoms with Crippen LogP contribution in [0.25, 0.3) is 0 Å². The molecule has 2 heteroatoms. The molecule has 0 amide bonds. The first kappa shape index (κ1) is 9.92. The Balaban J connectivity index is 3.47. The summed E-state index contributed by atoms with van der Waals surface area (Å²) in [5.41, 5.74) is 5.51. The lowest BCUT2D eigenvalue weighted by Crippen LogP contribution is -2.20. The smallest absolute Gasteiger partial charge is 0.0557 e. The van der Waals surface area contributed by atoms with Crippen molar-refractivity contribution < 1.29 is 5.11 Å². The molecule has 0 aliphatic heterocycles. The molecule has 0 aromatic carbocycles. The van der Waals surface area contributed by atoms with Crippen LogP contribution in [0.3, 0.4) is 0 Å². The molecule has 0 radical (unpaired) electrons. The maximum absolute atomic E-state index is 9.30. The van der Waals surface area contributed by atoms with Gasteiger partial charge in [-0.15, -0.1) is 0 Å². The van der Waals surface area contributed by atoms with Gasteiger partial charge in [-0.25, -0.2) is 0 Å². The minimum Gasteiger partial charge on any atom is -0.393 e. The van der Waals surface area contributed by atoms with Gasteiger partial charge in [0.2, 0.25) is 0 Å². The van der Waals surface area contributed by atoms with Gasteiger partial charge in [-0.2, -0.15) is 0 Å². The van der Waals surface area contributed by atoms with Crippen LogP contribution in [0.4, 0.5) is 0 Å². The third-order valence-electron chi connectivity index (χ3n) is 1.35. The molecule has 0 fully saturated rings. The van der Waals surface area contributed by atoms with Crippen molar-refractivity contribution in [3.8, 4) is 0 Å². The average Bonchev–Trinajstić information content (AvgIpc) is 1.59. The zero-order valence-electron chi connectivity index (χ0n) is 7.22. The number of nitrogens with two attached hydrogens (primary N) is 1. The Kier molecular flexibility index (Phi) is 3.91. The first-order valence-corrected chi connectivity index (χ1v) is 3.84. The Morgan fingerprint density at radius 1 is 1.40 bits per heavy atom. The summed E-state index contributed by atoms with van der Waals surface area (Å²) in [6.07, 6.45) is 1.34. The van der Waals surface area contributed by atoms with E-state index in [1.54, 1.807) is 0 Å². The van der Waals surface area contributed by atoms with Gasteiger partial charge in [0.05, 0.1) is 6.10 Å². The Morgan fingerprint density at radius 3 is 2.20 bits per heavy atom. The largest absolute Gasteiger partial charge is 0.393 e. The van der Waals surface area contributed by atoms with Crippen LogP contribution in [0.2, 0.25) is 0 Å². The number of aliphatic hydroxyl groups is 1. The minimum atomic E-state index is -0.218. The highest BCUT2D eigenvalue weighted by atomic mass is 16.3. The summed E-state index contributed by atoms with van der Waals surface area (Å²) >= 11 is 0. The van der Waals surface area contributed by atoms with Gasteiger partial charge in [-0.1, -0.05) is 20.8 Å². The fraction of sp³-hybridized carbons (Fsp3) is 1.00. The molecular weight excluding hydrogens is 126 g/mol. The Labute approximate surface area is 63.4 Å². The molecule has 0 aromatic heterocycles. The predicted octanol–water partition coefficient (Wildman–Crippen LogP) is 1.13. The second kappa shape index (κ2) is 3.94. The molecule has 1 atom stereocenters. The molecule has 1 unspecified atom stereocenters. The number of hydrogen-bond donors (Lipinski definition) is 2. The first-order chi connectivity index (χ1) is 4.45. The van der Waals surface area contributed by atoms with Gasteiger partial charge in [0, 0.05) is 0 Å². The molecule has 0 rings (SSSR count). The van der Waals surface area contributed by atoms with Gasteiger partial charge in [-0.05, 0) is 24.8 Å². The topological polar surface area (TPSA) is 46.2 Å². The van der Waals surface area contributed by atoms with Gasteiger partial charge >= 0.3 is 0 Å². The van der Waals surface area contributed by atoms with E-state index in [-0.39, 0.29) is 11.5 Å². The minimum absolute atomic E-state index is 0.217. The summed E-state index contributed by atoms with van der Waals surface area (Å²) in [7, 11) is 0. The summed E-state index contributed by atoms with van der Waals surface area (Å²) in [4.78, 5) is 0. The molecule has 0 aliphatic rings. The summed E-state index contributed by atoms with van der Waals surface area (Å²) in [6.45, 7) is 6.93. The van der Waals surface area contributed by atoms with Crippen LogP contribution in [-0.4, -0.2) is 17.8 Å². The van der Waals surface area contributed by atoms with Crippen LogP contribution in [0.15, 0.2) is 0 Å². The quantitative estimate of drug-likeness (QED) is 0.625. The van der Waals surface area contributed by atoms with Crippen LogP contribution >= 0.6 is 0 Å². The summed E-state index contributed by atoms with van der Waals surface area (Å²) in [5, 5.41) is 9.30. The first-order valence-electron chi connectivity index (χ1n) is 3.84. The van der Waals surface area contributed by atoms with Gasteiger partial charge < -0.3 is 10.8 Å². The van der Waals surface area contributed by atoms with Crippen molar-refractivity contribution in [1.82, 2.24) is 0 Å². The van der Waals surface area contributed by atoms with Crippen LogP contribution < -0.4 is 5.73 Å². The van der Waals surface area contributed by atoms with E-state index in [1.807, 2.05) is 0 Å². The molecule has 3 N–H and O–H groups in total. The molecule has 0 saturated heterocycles. The summed E-state index contributed by atoms with van der Waals surface area (Å²) in [5.74, 6) is 0. The third kappa shape index (κ3) is 6.05. The zero-order valence-corrected chi connectivity index (χ0v) is 7.22. The monoisotopic (exact) mass is 145 g/mol. The SMILES string of the molecule is CC(C)(C)CC(O)CCN. The fourth-order valence-corrected chi connectivity index (χ4v) is 1.00. The molecule has 0 aromatic rings. The maximum atomic E-state index is 9.30. The Hall–Kier alpha value is -0.0800. The van der Waals surface area contributed by atoms with Crippen LogP contribution in [0.5, 0.6) is 0 Å². The van der Waals surface area contributed by atoms with Gasteiger partial charge in [0.15, 0.2) is 0 Å². The molecular formula is C8H19NO. The molecule has 2 nitrogen and oxygen atoms in total. The highest BCUT2D eigenvalue weighted by Gasteiger charge is 2.15. The lowest BCUT2D eigenvalue weighted by Gasteiger charge is -2.21.